The predicted octanol–water partition coefficient (Wildman–Crippen LogP) is 2.57. The van der Waals surface area contributed by atoms with Gasteiger partial charge in [-0.05, 0) is 61.3 Å². The summed E-state index contributed by atoms with van der Waals surface area (Å²) in [6, 6.07) is 3.15. The van der Waals surface area contributed by atoms with E-state index in [4.69, 9.17) is 0 Å². The summed E-state index contributed by atoms with van der Waals surface area (Å²) in [7, 11) is -5.51. The van der Waals surface area contributed by atoms with Crippen LogP contribution < -0.4 is 10.0 Å². The van der Waals surface area contributed by atoms with Crippen molar-refractivity contribution in [1.29, 1.82) is 0 Å². The molecule has 1 amide bonds. The van der Waals surface area contributed by atoms with E-state index in [1.54, 1.807) is 0 Å². The zero-order chi connectivity index (χ0) is 24.8. The van der Waals surface area contributed by atoms with Gasteiger partial charge in [0.2, 0.25) is 15.9 Å². The van der Waals surface area contributed by atoms with Gasteiger partial charge in [0.15, 0.2) is 0 Å². The van der Waals surface area contributed by atoms with E-state index < -0.39 is 50.7 Å². The Balaban J connectivity index is 2.08. The monoisotopic (exact) mass is 504 g/mol. The van der Waals surface area contributed by atoms with Gasteiger partial charge in [-0.1, -0.05) is 33.6 Å². The zero-order valence-electron chi connectivity index (χ0n) is 19.8. The maximum absolute atomic E-state index is 13.2. The molecule has 1 aromatic carbocycles. The fraction of sp³-hybridized carbons (Fsp3) is 0.696. The van der Waals surface area contributed by atoms with Crippen LogP contribution in [0.5, 0.6) is 0 Å². The summed E-state index contributed by atoms with van der Waals surface area (Å²) in [6.45, 7) is 6.25. The Bertz CT molecular complexity index is 910. The number of carbonyl (C=O) groups is 1. The summed E-state index contributed by atoms with van der Waals surface area (Å²) < 4.78 is 51.8. The Kier molecular flexibility index (Phi) is 10.5. The Morgan fingerprint density at radius 1 is 1.24 bits per heavy atom. The van der Waals surface area contributed by atoms with E-state index in [9.17, 15) is 26.9 Å². The highest BCUT2D eigenvalue weighted by molar-refractivity contribution is 7.89. The number of benzene rings is 1. The van der Waals surface area contributed by atoms with Gasteiger partial charge in [0.05, 0.1) is 35.0 Å². The highest BCUT2D eigenvalue weighted by atomic mass is 32.2. The standard InChI is InChI=1S/C23H37FN2O5S2/c1-5-20(22(27)13-17-12-15(2)6-7-16(17)3)25-23(28)21(26-33(4,30)31)14-32(29)19-10-8-18(24)9-11-19/h8-11,15-17,20-22,26-27H,5-7,12-14H2,1-4H3,(H,25,28)/t15?,16?,17?,20-,21+,22+,32?/m0/s1. The second-order valence-electron chi connectivity index (χ2n) is 9.39. The number of nitrogens with one attached hydrogen (secondary N) is 2. The molecule has 2 rings (SSSR count). The molecule has 0 radical (unpaired) electrons. The molecule has 3 N–H and O–H groups in total. The molecule has 7 nitrogen and oxygen atoms in total. The van der Waals surface area contributed by atoms with Crippen LogP contribution in [0.1, 0.15) is 52.9 Å². The molecule has 1 aliphatic rings. The Labute approximate surface area is 199 Å². The van der Waals surface area contributed by atoms with Gasteiger partial charge >= 0.3 is 0 Å². The minimum absolute atomic E-state index is 0.289. The summed E-state index contributed by atoms with van der Waals surface area (Å²) in [6.07, 6.45) is 4.54. The van der Waals surface area contributed by atoms with Gasteiger partial charge < -0.3 is 10.4 Å². The van der Waals surface area contributed by atoms with Crippen molar-refractivity contribution in [2.24, 2.45) is 17.8 Å². The first kappa shape index (κ1) is 27.9. The minimum atomic E-state index is -3.77. The summed E-state index contributed by atoms with van der Waals surface area (Å²) in [5.41, 5.74) is 0. The van der Waals surface area contributed by atoms with Crippen LogP contribution in [0.4, 0.5) is 4.39 Å². The molecule has 33 heavy (non-hydrogen) atoms. The predicted molar refractivity (Wildman–Crippen MR) is 128 cm³/mol. The lowest BCUT2D eigenvalue weighted by atomic mass is 9.73. The first-order chi connectivity index (χ1) is 15.4. The molecule has 1 saturated carbocycles. The first-order valence-corrected chi connectivity index (χ1v) is 14.7. The third-order valence-electron chi connectivity index (χ3n) is 6.47. The number of aliphatic hydroxyl groups is 1. The number of hydrogen-bond acceptors (Lipinski definition) is 5. The molecule has 0 saturated heterocycles. The number of hydrogen-bond donors (Lipinski definition) is 3. The number of halogens is 1. The molecule has 0 heterocycles. The van der Waals surface area contributed by atoms with Crippen molar-refractivity contribution in [2.75, 3.05) is 12.0 Å². The van der Waals surface area contributed by atoms with Gasteiger partial charge in [0, 0.05) is 4.90 Å². The number of aliphatic hydroxyl groups excluding tert-OH is 1. The summed E-state index contributed by atoms with van der Waals surface area (Å²) in [4.78, 5) is 13.3. The molecule has 0 aromatic heterocycles. The topological polar surface area (TPSA) is 113 Å². The third-order valence-corrected chi connectivity index (χ3v) is 8.61. The second kappa shape index (κ2) is 12.4. The SMILES string of the molecule is CC[C@H](NC(=O)[C@@H](CS(=O)c1ccc(F)cc1)NS(C)(=O)=O)[C@H](O)CC1CC(C)CCC1C. The fourth-order valence-electron chi connectivity index (χ4n) is 4.46. The lowest BCUT2D eigenvalue weighted by Gasteiger charge is -2.36. The normalized spacial score (nSPS) is 25.1. The van der Waals surface area contributed by atoms with Crippen molar-refractivity contribution in [2.45, 2.75) is 76.0 Å². The average Bonchev–Trinajstić information content (AvgIpc) is 2.73. The second-order valence-corrected chi connectivity index (χ2v) is 12.7. The Morgan fingerprint density at radius 3 is 2.45 bits per heavy atom. The maximum atomic E-state index is 13.2. The van der Waals surface area contributed by atoms with Gasteiger partial charge in [-0.3, -0.25) is 9.00 Å². The van der Waals surface area contributed by atoms with E-state index in [2.05, 4.69) is 23.9 Å². The van der Waals surface area contributed by atoms with Crippen LogP contribution in [-0.2, 0) is 25.6 Å². The third kappa shape index (κ3) is 9.07. The molecule has 1 aromatic rings. The van der Waals surface area contributed by atoms with E-state index in [1.807, 2.05) is 6.92 Å². The Morgan fingerprint density at radius 2 is 1.88 bits per heavy atom. The van der Waals surface area contributed by atoms with Gasteiger partial charge in [-0.2, -0.15) is 0 Å². The van der Waals surface area contributed by atoms with Crippen molar-refractivity contribution in [3.63, 3.8) is 0 Å². The molecule has 7 atom stereocenters. The van der Waals surface area contributed by atoms with Crippen molar-refractivity contribution >= 4 is 26.7 Å². The first-order valence-electron chi connectivity index (χ1n) is 11.5. The number of sulfonamides is 1. The van der Waals surface area contributed by atoms with Crippen LogP contribution in [0.2, 0.25) is 0 Å². The molecule has 1 fully saturated rings. The van der Waals surface area contributed by atoms with Gasteiger partial charge in [-0.15, -0.1) is 0 Å². The molecule has 0 aliphatic heterocycles. The van der Waals surface area contributed by atoms with Crippen LogP contribution in [0, 0.1) is 23.6 Å². The van der Waals surface area contributed by atoms with Gasteiger partial charge in [-0.25, -0.2) is 17.5 Å². The summed E-state index contributed by atoms with van der Waals surface area (Å²) in [5, 5.41) is 13.6. The van der Waals surface area contributed by atoms with Crippen LogP contribution >= 0.6 is 0 Å². The molecular weight excluding hydrogens is 467 g/mol. The average molecular weight is 505 g/mol. The molecule has 0 bridgehead atoms. The molecule has 10 heteroatoms. The van der Waals surface area contributed by atoms with Crippen molar-refractivity contribution in [3.8, 4) is 0 Å². The van der Waals surface area contributed by atoms with Crippen LogP contribution in [-0.4, -0.2) is 53.8 Å². The van der Waals surface area contributed by atoms with E-state index in [1.165, 1.54) is 18.6 Å². The summed E-state index contributed by atoms with van der Waals surface area (Å²) >= 11 is 0. The molecule has 1 aliphatic carbocycles. The van der Waals surface area contributed by atoms with Crippen molar-refractivity contribution in [1.82, 2.24) is 10.0 Å². The number of rotatable bonds is 11. The lowest BCUT2D eigenvalue weighted by molar-refractivity contribution is -0.124. The molecule has 0 spiro atoms. The van der Waals surface area contributed by atoms with Crippen LogP contribution in [0.25, 0.3) is 0 Å². The van der Waals surface area contributed by atoms with E-state index in [0.29, 0.717) is 30.6 Å². The smallest absolute Gasteiger partial charge is 0.239 e. The van der Waals surface area contributed by atoms with E-state index >= 15 is 0 Å². The Hall–Kier alpha value is -1.36. The highest BCUT2D eigenvalue weighted by Crippen LogP contribution is 2.36. The molecule has 188 valence electrons. The fourth-order valence-corrected chi connectivity index (χ4v) is 6.44. The van der Waals surface area contributed by atoms with Gasteiger partial charge in [0.1, 0.15) is 11.9 Å². The lowest BCUT2D eigenvalue weighted by Crippen LogP contribution is -2.54. The van der Waals surface area contributed by atoms with E-state index in [0.717, 1.165) is 31.2 Å². The number of amides is 1. The largest absolute Gasteiger partial charge is 0.391 e. The van der Waals surface area contributed by atoms with Crippen molar-refractivity contribution < 1.29 is 26.9 Å². The number of carbonyl (C=O) groups excluding carboxylic acids is 1. The quantitative estimate of drug-likeness (QED) is 0.429. The van der Waals surface area contributed by atoms with Gasteiger partial charge in [0.25, 0.3) is 0 Å². The maximum Gasteiger partial charge on any atom is 0.239 e. The van der Waals surface area contributed by atoms with Crippen LogP contribution in [0.15, 0.2) is 29.2 Å². The summed E-state index contributed by atoms with van der Waals surface area (Å²) in [5.74, 6) is 0.0340. The highest BCUT2D eigenvalue weighted by Gasteiger charge is 2.32. The zero-order valence-corrected chi connectivity index (χ0v) is 21.4. The molecule has 4 unspecified atom stereocenters. The van der Waals surface area contributed by atoms with Crippen molar-refractivity contribution in [3.05, 3.63) is 30.1 Å². The van der Waals surface area contributed by atoms with Crippen LogP contribution in [0.3, 0.4) is 0 Å². The molecular formula is C23H37FN2O5S2. The van der Waals surface area contributed by atoms with E-state index in [-0.39, 0.29) is 10.6 Å². The minimum Gasteiger partial charge on any atom is -0.391 e.